The van der Waals surface area contributed by atoms with E-state index in [4.69, 9.17) is 45.1 Å². The summed E-state index contributed by atoms with van der Waals surface area (Å²) in [7, 11) is 0. The lowest BCUT2D eigenvalue weighted by molar-refractivity contribution is -0.118. The number of ether oxygens (including phenoxy) is 2. The van der Waals surface area contributed by atoms with Gasteiger partial charge in [0.05, 0.1) is 36.7 Å². The first-order valence-electron chi connectivity index (χ1n) is 12.9. The first-order valence-corrected chi connectivity index (χ1v) is 18.2. The highest BCUT2D eigenvalue weighted by atomic mass is 32.7. The molecule has 5 aliphatic rings. The van der Waals surface area contributed by atoms with Gasteiger partial charge in [-0.3, -0.25) is 23.4 Å². The highest BCUT2D eigenvalue weighted by Gasteiger charge is 2.52. The van der Waals surface area contributed by atoms with Crippen molar-refractivity contribution in [2.45, 2.75) is 55.5 Å². The summed E-state index contributed by atoms with van der Waals surface area (Å²) in [5.41, 5.74) is 6.70. The number of amides is 1. The standard InChI is InChI=1S/C22H24FN7O9P2S2/c23-15-17-14(37-22(15)29-4-2-11-18(24)26-8-27-19(11)29)7-35-40(32,42)38-13-5-10(6-34-41(33,43)39-17)36-21(13)30-9-28-16-12(30)1-3-25-20(16)31/h1-4,8-10,13-17,21-22H,5-7H2,(H,32,42)(H,33,43)(H2,24,26,27)/t10-,13+,14+,15-,16?,17+,21+,22+,40?,41?/m0/s1. The molecule has 0 radical (unpaired) electrons. The molecule has 3 N–H and O–H groups in total. The zero-order valence-electron chi connectivity index (χ0n) is 21.8. The van der Waals surface area contributed by atoms with Crippen molar-refractivity contribution in [1.82, 2.24) is 19.4 Å². The number of hydrogen-bond donors (Lipinski definition) is 3. The average molecular weight is 676 g/mol. The molecule has 7 heterocycles. The Bertz CT molecular complexity index is 1660. The number of nitrogens with two attached hydrogens (primary N) is 1. The Kier molecular flexibility index (Phi) is 7.58. The van der Waals surface area contributed by atoms with Gasteiger partial charge in [-0.05, 0) is 23.9 Å². The molecule has 1 amide bonds. The number of thiol groups is 1. The number of fused-ring (bicyclic) bond motifs is 5. The first kappa shape index (κ1) is 29.6. The summed E-state index contributed by atoms with van der Waals surface area (Å²) in [5, 5.41) is 0.474. The third-order valence-electron chi connectivity index (χ3n) is 7.45. The van der Waals surface area contributed by atoms with Crippen molar-refractivity contribution >= 4 is 72.9 Å². The Morgan fingerprint density at radius 3 is 2.84 bits per heavy atom. The largest absolute Gasteiger partial charge is 0.386 e. The number of nitrogens with zero attached hydrogens (tertiary/aromatic N) is 6. The van der Waals surface area contributed by atoms with E-state index in [0.717, 1.165) is 0 Å². The second-order valence-corrected chi connectivity index (χ2v) is 15.8. The minimum atomic E-state index is -4.14. The smallest absolute Gasteiger partial charge is 0.383 e. The maximum absolute atomic E-state index is 16.0. The van der Waals surface area contributed by atoms with Crippen LogP contribution in [-0.2, 0) is 48.7 Å². The number of carbonyl (C=O) groups is 1. The lowest BCUT2D eigenvalue weighted by Gasteiger charge is -2.31. The zero-order valence-corrected chi connectivity index (χ0v) is 25.3. The number of rotatable bonds is 2. The van der Waals surface area contributed by atoms with Crippen LogP contribution in [0.3, 0.4) is 0 Å². The van der Waals surface area contributed by atoms with Crippen LogP contribution < -0.4 is 5.73 Å². The van der Waals surface area contributed by atoms with Crippen LogP contribution in [0.25, 0.3) is 11.0 Å². The van der Waals surface area contributed by atoms with E-state index in [1.165, 1.54) is 29.6 Å². The molecule has 0 spiro atoms. The third kappa shape index (κ3) is 5.50. The van der Waals surface area contributed by atoms with Crippen molar-refractivity contribution < 1.29 is 46.2 Å². The van der Waals surface area contributed by atoms with Gasteiger partial charge in [-0.1, -0.05) is 12.2 Å². The van der Waals surface area contributed by atoms with Gasteiger partial charge in [-0.2, -0.15) is 0 Å². The Balaban J connectivity index is 1.15. The number of hydrogen-bond acceptors (Lipinski definition) is 14. The Morgan fingerprint density at radius 1 is 1.16 bits per heavy atom. The molecule has 2 aromatic rings. The van der Waals surface area contributed by atoms with E-state index >= 15 is 4.39 Å². The normalized spacial score (nSPS) is 41.4. The summed E-state index contributed by atoms with van der Waals surface area (Å²) in [6, 6.07) is 0.761. The molecule has 21 heteroatoms. The molecule has 3 unspecified atom stereocenters. The van der Waals surface area contributed by atoms with Crippen LogP contribution in [-0.4, -0.2) is 98.9 Å². The van der Waals surface area contributed by atoms with Crippen LogP contribution in [0, 0.1) is 0 Å². The number of nitrogen functional groups attached to an aromatic ring is 1. The van der Waals surface area contributed by atoms with Gasteiger partial charge in [0.25, 0.3) is 5.91 Å². The fourth-order valence-corrected chi connectivity index (χ4v) is 8.48. The molecule has 2 bridgehead atoms. The molecule has 3 saturated heterocycles. The van der Waals surface area contributed by atoms with Gasteiger partial charge in [-0.15, -0.1) is 0 Å². The van der Waals surface area contributed by atoms with Gasteiger partial charge in [-0.25, -0.2) is 23.9 Å². The first-order chi connectivity index (χ1) is 20.5. The molecule has 43 heavy (non-hydrogen) atoms. The van der Waals surface area contributed by atoms with E-state index in [9.17, 15) is 14.3 Å². The molecule has 7 rings (SSSR count). The fourth-order valence-electron chi connectivity index (χ4n) is 5.53. The Hall–Kier alpha value is -2.15. The Labute approximate surface area is 253 Å². The van der Waals surface area contributed by atoms with Gasteiger partial charge in [0.15, 0.2) is 24.7 Å². The van der Waals surface area contributed by atoms with Gasteiger partial charge in [0.1, 0.15) is 36.1 Å². The molecule has 16 nitrogen and oxygen atoms in total. The topological polar surface area (TPSA) is 194 Å². The zero-order chi connectivity index (χ0) is 30.1. The summed E-state index contributed by atoms with van der Waals surface area (Å²) in [4.78, 5) is 40.7. The average Bonchev–Trinajstić information content (AvgIpc) is 3.72. The van der Waals surface area contributed by atoms with Crippen molar-refractivity contribution in [3.05, 3.63) is 30.4 Å². The van der Waals surface area contributed by atoms with Crippen molar-refractivity contribution in [3.63, 3.8) is 0 Å². The molecule has 3 fully saturated rings. The SMILES string of the molecule is Nc1ncnc2c1ccn2[C@@H]1O[C@@H]2COP(=O)(S)O[C@@H]3C[C@@H](COP(O)(=S)O[C@H]2[C@@H]1F)O[C@H]3N1C=NC2C(=O)N=CC=C21. The summed E-state index contributed by atoms with van der Waals surface area (Å²) in [6.07, 6.45) is -1.31. The number of dihydropyridines is 1. The highest BCUT2D eigenvalue weighted by molar-refractivity contribution is 8.44. The molecular weight excluding hydrogens is 651 g/mol. The van der Waals surface area contributed by atoms with Crippen molar-refractivity contribution in [3.8, 4) is 0 Å². The van der Waals surface area contributed by atoms with Crippen LogP contribution in [0.4, 0.5) is 10.2 Å². The monoisotopic (exact) mass is 675 g/mol. The maximum atomic E-state index is 16.0. The van der Waals surface area contributed by atoms with E-state index in [1.54, 1.807) is 17.0 Å². The van der Waals surface area contributed by atoms with E-state index in [0.29, 0.717) is 16.7 Å². The molecule has 0 aromatic carbocycles. The van der Waals surface area contributed by atoms with Crippen LogP contribution in [0.2, 0.25) is 0 Å². The number of carbonyl (C=O) groups excluding carboxylic acids is 1. The van der Waals surface area contributed by atoms with E-state index in [2.05, 4.69) is 32.2 Å². The van der Waals surface area contributed by atoms with E-state index in [-0.39, 0.29) is 18.8 Å². The Morgan fingerprint density at radius 2 is 2.00 bits per heavy atom. The molecular formula is C22H24FN7O9P2S2. The van der Waals surface area contributed by atoms with Gasteiger partial charge >= 0.3 is 13.5 Å². The van der Waals surface area contributed by atoms with Crippen LogP contribution in [0.1, 0.15) is 12.6 Å². The number of alkyl halides is 1. The molecule has 2 aromatic heterocycles. The van der Waals surface area contributed by atoms with Crippen molar-refractivity contribution in [2.75, 3.05) is 18.9 Å². The van der Waals surface area contributed by atoms with E-state index in [1.807, 2.05) is 0 Å². The summed E-state index contributed by atoms with van der Waals surface area (Å²) in [6.45, 7) is -9.01. The predicted molar refractivity (Wildman–Crippen MR) is 154 cm³/mol. The summed E-state index contributed by atoms with van der Waals surface area (Å²) < 4.78 is 65.5. The second-order valence-electron chi connectivity index (χ2n) is 10.1. The van der Waals surface area contributed by atoms with Gasteiger partial charge in [0, 0.05) is 18.8 Å². The van der Waals surface area contributed by atoms with Crippen molar-refractivity contribution in [1.29, 1.82) is 0 Å². The van der Waals surface area contributed by atoms with Gasteiger partial charge < -0.3 is 34.1 Å². The van der Waals surface area contributed by atoms with Crippen LogP contribution in [0.15, 0.2) is 40.3 Å². The lowest BCUT2D eigenvalue weighted by atomic mass is 10.1. The summed E-state index contributed by atoms with van der Waals surface area (Å²) >= 11 is 9.37. The highest BCUT2D eigenvalue weighted by Crippen LogP contribution is 2.58. The molecule has 5 aliphatic heterocycles. The number of anilines is 1. The molecule has 0 aliphatic carbocycles. The number of aromatic nitrogens is 3. The summed E-state index contributed by atoms with van der Waals surface area (Å²) in [5.74, 6) is -0.258. The van der Waals surface area contributed by atoms with Crippen LogP contribution in [0.5, 0.6) is 0 Å². The quantitative estimate of drug-likeness (QED) is 0.307. The maximum Gasteiger partial charge on any atom is 0.386 e. The second kappa shape index (κ2) is 11.0. The number of allylic oxidation sites excluding steroid dienone is 1. The number of aliphatic imine (C=N–C) groups is 2. The lowest BCUT2D eigenvalue weighted by Crippen LogP contribution is -2.42. The third-order valence-corrected chi connectivity index (χ3v) is 10.7. The molecule has 0 saturated carbocycles. The fraction of sp³-hybridized carbons (Fsp3) is 0.500. The predicted octanol–water partition coefficient (Wildman–Crippen LogP) is 1.64. The van der Waals surface area contributed by atoms with Gasteiger partial charge in [0.2, 0.25) is 0 Å². The molecule has 230 valence electrons. The number of halogens is 1. The minimum Gasteiger partial charge on any atom is -0.383 e. The molecule has 10 atom stereocenters. The van der Waals surface area contributed by atoms with E-state index < -0.39 is 75.1 Å². The van der Waals surface area contributed by atoms with Crippen molar-refractivity contribution in [2.24, 2.45) is 9.98 Å². The van der Waals surface area contributed by atoms with Crippen LogP contribution >= 0.6 is 25.8 Å². The minimum absolute atomic E-state index is 0.112.